The lowest BCUT2D eigenvalue weighted by atomic mass is 9.57. The molecule has 1 saturated carbocycles. The number of alkyl halides is 3. The number of aliphatic hydroxyl groups is 1. The Balaban J connectivity index is 1.39. The molecule has 1 aromatic rings. The fourth-order valence-corrected chi connectivity index (χ4v) is 6.61. The molecule has 1 unspecified atom stereocenters. The van der Waals surface area contributed by atoms with Crippen molar-refractivity contribution in [2.45, 2.75) is 64.8 Å². The maximum Gasteiger partial charge on any atom is 0.416 e. The Labute approximate surface area is 212 Å². The van der Waals surface area contributed by atoms with Gasteiger partial charge in [-0.1, -0.05) is 26.0 Å². The Morgan fingerprint density at radius 3 is 2.56 bits per heavy atom. The number of hydrogen-bond donors (Lipinski definition) is 1. The second-order valence-electron chi connectivity index (χ2n) is 11.2. The number of nitrogens with zero attached hydrogens (tertiary/aromatic N) is 2. The van der Waals surface area contributed by atoms with Gasteiger partial charge in [-0.3, -0.25) is 9.69 Å². The molecular formula is C28H39F3N2O3. The predicted octanol–water partition coefficient (Wildman–Crippen LogP) is 5.14. The summed E-state index contributed by atoms with van der Waals surface area (Å²) >= 11 is 0. The van der Waals surface area contributed by atoms with Crippen LogP contribution in [-0.2, 0) is 15.7 Å². The molecule has 0 aromatic heterocycles. The maximum absolute atomic E-state index is 13.1. The molecule has 2 aliphatic carbocycles. The first-order chi connectivity index (χ1) is 16.9. The van der Waals surface area contributed by atoms with Gasteiger partial charge in [-0.2, -0.15) is 13.2 Å². The molecule has 1 saturated heterocycles. The molecule has 5 nitrogen and oxygen atoms in total. The number of rotatable bonds is 5. The van der Waals surface area contributed by atoms with Crippen molar-refractivity contribution in [3.8, 4) is 0 Å². The number of halogens is 3. The summed E-state index contributed by atoms with van der Waals surface area (Å²) in [6.45, 7) is 11.6. The van der Waals surface area contributed by atoms with E-state index >= 15 is 0 Å². The van der Waals surface area contributed by atoms with Crippen molar-refractivity contribution in [1.82, 2.24) is 4.90 Å². The monoisotopic (exact) mass is 508 g/mol. The molecule has 0 amide bonds. The van der Waals surface area contributed by atoms with E-state index in [9.17, 15) is 23.1 Å². The molecule has 200 valence electrons. The van der Waals surface area contributed by atoms with E-state index < -0.39 is 17.3 Å². The molecule has 0 bridgehead atoms. The summed E-state index contributed by atoms with van der Waals surface area (Å²) in [5.41, 5.74) is 0.135. The van der Waals surface area contributed by atoms with Crippen LogP contribution in [0.3, 0.4) is 0 Å². The van der Waals surface area contributed by atoms with Crippen LogP contribution in [0.4, 0.5) is 18.9 Å². The van der Waals surface area contributed by atoms with Gasteiger partial charge in [0, 0.05) is 57.7 Å². The number of esters is 1. The smallest absolute Gasteiger partial charge is 0.416 e. The molecule has 2 fully saturated rings. The van der Waals surface area contributed by atoms with E-state index in [1.54, 1.807) is 6.07 Å². The molecule has 4 rings (SSSR count). The van der Waals surface area contributed by atoms with Crippen LogP contribution in [0.25, 0.3) is 0 Å². The van der Waals surface area contributed by atoms with Gasteiger partial charge in [-0.25, -0.2) is 0 Å². The highest BCUT2D eigenvalue weighted by atomic mass is 19.4. The van der Waals surface area contributed by atoms with Crippen molar-refractivity contribution in [2.24, 2.45) is 23.7 Å². The summed E-state index contributed by atoms with van der Waals surface area (Å²) in [6.07, 6.45) is -0.133. The number of carbonyl (C=O) groups excluding carboxylic acids is 1. The van der Waals surface area contributed by atoms with E-state index in [0.717, 1.165) is 44.1 Å². The van der Waals surface area contributed by atoms with Gasteiger partial charge in [0.2, 0.25) is 0 Å². The van der Waals surface area contributed by atoms with Crippen LogP contribution in [0.1, 0.15) is 52.5 Å². The van der Waals surface area contributed by atoms with Crippen LogP contribution in [-0.4, -0.2) is 60.4 Å². The van der Waals surface area contributed by atoms with Gasteiger partial charge >= 0.3 is 12.1 Å². The van der Waals surface area contributed by atoms with Crippen molar-refractivity contribution in [3.63, 3.8) is 0 Å². The number of piperazine rings is 1. The Hall–Kier alpha value is -2.06. The zero-order valence-electron chi connectivity index (χ0n) is 21.7. The molecule has 36 heavy (non-hydrogen) atoms. The first-order valence-corrected chi connectivity index (χ1v) is 13.1. The van der Waals surface area contributed by atoms with E-state index in [1.165, 1.54) is 19.1 Å². The fraction of sp³-hybridized carbons (Fsp3) is 0.679. The van der Waals surface area contributed by atoms with Gasteiger partial charge in [0.05, 0.1) is 11.2 Å². The maximum atomic E-state index is 13.1. The third-order valence-electron chi connectivity index (χ3n) is 8.78. The van der Waals surface area contributed by atoms with Gasteiger partial charge < -0.3 is 14.7 Å². The predicted molar refractivity (Wildman–Crippen MR) is 134 cm³/mol. The standard InChI is InChI=1S/C28H39F3N2O3/c1-18-14-25-24(9-8-20(3)27(25,35)16-26(18)36-21(4)34)19(2)17-32-10-12-33(13-11-32)23-7-5-6-22(15-23)28(29,30)31/h5-7,14-15,19-20,24-26,35H,8-13,16-17H2,1-4H3/t19?,20-,24+,25-,26-,27-/m1/s1. The topological polar surface area (TPSA) is 53.0 Å². The number of fused-ring (bicyclic) bond motifs is 1. The van der Waals surface area contributed by atoms with Gasteiger partial charge in [-0.15, -0.1) is 0 Å². The van der Waals surface area contributed by atoms with E-state index in [1.807, 2.05) is 11.8 Å². The number of hydrogen-bond acceptors (Lipinski definition) is 5. The second-order valence-corrected chi connectivity index (χ2v) is 11.2. The minimum atomic E-state index is -4.34. The Morgan fingerprint density at radius 2 is 1.92 bits per heavy atom. The van der Waals surface area contributed by atoms with Crippen LogP contribution < -0.4 is 4.90 Å². The highest BCUT2D eigenvalue weighted by Gasteiger charge is 2.52. The zero-order chi connectivity index (χ0) is 26.3. The second kappa shape index (κ2) is 10.4. The number of carbonyl (C=O) groups is 1. The Morgan fingerprint density at radius 1 is 1.22 bits per heavy atom. The minimum absolute atomic E-state index is 0.0226. The summed E-state index contributed by atoms with van der Waals surface area (Å²) in [6, 6.07) is 5.58. The molecule has 0 spiro atoms. The molecule has 8 heteroatoms. The Bertz CT molecular complexity index is 973. The van der Waals surface area contributed by atoms with Crippen molar-refractivity contribution >= 4 is 11.7 Å². The summed E-state index contributed by atoms with van der Waals surface area (Å²) < 4.78 is 44.9. The first kappa shape index (κ1) is 27.0. The van der Waals surface area contributed by atoms with Gasteiger partial charge in [0.15, 0.2) is 0 Å². The average Bonchev–Trinajstić information content (AvgIpc) is 2.81. The molecule has 1 heterocycles. The van der Waals surface area contributed by atoms with Gasteiger partial charge in [0.25, 0.3) is 0 Å². The quantitative estimate of drug-likeness (QED) is 0.441. The molecule has 1 aliphatic heterocycles. The Kier molecular flexibility index (Phi) is 7.77. The first-order valence-electron chi connectivity index (χ1n) is 13.1. The number of ether oxygens (including phenoxy) is 1. The van der Waals surface area contributed by atoms with E-state index in [0.29, 0.717) is 37.0 Å². The third kappa shape index (κ3) is 5.59. The lowest BCUT2D eigenvalue weighted by Crippen LogP contribution is -2.56. The van der Waals surface area contributed by atoms with E-state index in [4.69, 9.17) is 4.74 Å². The molecule has 1 aromatic carbocycles. The molecule has 3 aliphatic rings. The molecule has 0 radical (unpaired) electrons. The highest BCUT2D eigenvalue weighted by molar-refractivity contribution is 5.66. The van der Waals surface area contributed by atoms with E-state index in [-0.39, 0.29) is 23.9 Å². The van der Waals surface area contributed by atoms with Crippen molar-refractivity contribution in [3.05, 3.63) is 41.5 Å². The number of anilines is 1. The van der Waals surface area contributed by atoms with Crippen LogP contribution >= 0.6 is 0 Å². The lowest BCUT2D eigenvalue weighted by Gasteiger charge is -2.53. The SMILES string of the molecule is CC(=O)O[C@@H]1C[C@@]2(O)[C@H](C)CC[C@@H](C(C)CN3CCN(c4cccc(C(F)(F)F)c4)CC3)[C@H]2C=C1C. The normalized spacial score (nSPS) is 32.4. The van der Waals surface area contributed by atoms with Crippen molar-refractivity contribution in [2.75, 3.05) is 37.6 Å². The van der Waals surface area contributed by atoms with E-state index in [2.05, 4.69) is 24.8 Å². The summed E-state index contributed by atoms with van der Waals surface area (Å²) in [4.78, 5) is 16.0. The molecule has 6 atom stereocenters. The molecule has 1 N–H and O–H groups in total. The minimum Gasteiger partial charge on any atom is -0.458 e. The van der Waals surface area contributed by atoms with Crippen LogP contribution in [0.2, 0.25) is 0 Å². The average molecular weight is 509 g/mol. The van der Waals surface area contributed by atoms with Gasteiger partial charge in [-0.05, 0) is 61.3 Å². The van der Waals surface area contributed by atoms with Crippen LogP contribution in [0, 0.1) is 23.7 Å². The highest BCUT2D eigenvalue weighted by Crippen LogP contribution is 2.51. The zero-order valence-corrected chi connectivity index (χ0v) is 21.7. The summed E-state index contributed by atoms with van der Waals surface area (Å²) in [7, 11) is 0. The van der Waals surface area contributed by atoms with Crippen molar-refractivity contribution < 1.29 is 27.8 Å². The van der Waals surface area contributed by atoms with Gasteiger partial charge in [0.1, 0.15) is 6.10 Å². The fourth-order valence-electron chi connectivity index (χ4n) is 6.61. The largest absolute Gasteiger partial charge is 0.458 e. The van der Waals surface area contributed by atoms with Crippen LogP contribution in [0.5, 0.6) is 0 Å². The summed E-state index contributed by atoms with van der Waals surface area (Å²) in [5.74, 6) is 0.496. The lowest BCUT2D eigenvalue weighted by molar-refractivity contribution is -0.159. The van der Waals surface area contributed by atoms with Crippen molar-refractivity contribution in [1.29, 1.82) is 0 Å². The molecular weight excluding hydrogens is 469 g/mol. The summed E-state index contributed by atoms with van der Waals surface area (Å²) in [5, 5.41) is 11.8. The third-order valence-corrected chi connectivity index (χ3v) is 8.78. The van der Waals surface area contributed by atoms with Crippen LogP contribution in [0.15, 0.2) is 35.9 Å². The number of benzene rings is 1.